The van der Waals surface area contributed by atoms with Crippen LogP contribution in [0.1, 0.15) is 24.4 Å². The maximum atomic E-state index is 13.1. The van der Waals surface area contributed by atoms with E-state index in [-0.39, 0.29) is 24.3 Å². The highest BCUT2D eigenvalue weighted by Gasteiger charge is 2.43. The van der Waals surface area contributed by atoms with Crippen molar-refractivity contribution in [3.8, 4) is 0 Å². The van der Waals surface area contributed by atoms with Gasteiger partial charge < -0.3 is 10.6 Å². The molecule has 1 aliphatic rings. The van der Waals surface area contributed by atoms with Crippen molar-refractivity contribution in [1.82, 2.24) is 10.6 Å². The third-order valence-corrected chi connectivity index (χ3v) is 3.38. The fourth-order valence-electron chi connectivity index (χ4n) is 2.06. The Balaban J connectivity index is 2.15. The number of hydrogen-bond acceptors (Lipinski definition) is 2. The average molecular weight is 321 g/mol. The van der Waals surface area contributed by atoms with Crippen molar-refractivity contribution in [1.29, 1.82) is 0 Å². The summed E-state index contributed by atoms with van der Waals surface area (Å²) in [5, 5.41) is 4.57. The summed E-state index contributed by atoms with van der Waals surface area (Å²) in [7, 11) is 0. The second-order valence-corrected chi connectivity index (χ2v) is 5.13. The summed E-state index contributed by atoms with van der Waals surface area (Å²) in [4.78, 5) is 22.9. The van der Waals surface area contributed by atoms with Crippen LogP contribution in [-0.2, 0) is 9.59 Å². The van der Waals surface area contributed by atoms with Gasteiger partial charge in [0, 0.05) is 11.4 Å². The van der Waals surface area contributed by atoms with Gasteiger partial charge in [0.2, 0.25) is 11.8 Å². The van der Waals surface area contributed by atoms with Crippen LogP contribution in [0.25, 0.3) is 0 Å². The number of benzene rings is 1. The Morgan fingerprint density at radius 1 is 1.33 bits per heavy atom. The SMILES string of the molecule is O=C1CC[C@H](C(=O)N[C@H](c2ccc(Cl)cc2)C(F)(F)F)N1. The normalized spacial score (nSPS) is 20.0. The second-order valence-electron chi connectivity index (χ2n) is 4.69. The minimum absolute atomic E-state index is 0.121. The standard InChI is InChI=1S/C13H12ClF3N2O2/c14-8-3-1-7(2-4-8)11(13(15,16)17)19-12(21)9-5-6-10(20)18-9/h1-4,9,11H,5-6H2,(H,18,20)(H,19,21)/t9-,11-/m1/s1. The van der Waals surface area contributed by atoms with E-state index < -0.39 is 24.2 Å². The molecule has 0 aliphatic carbocycles. The predicted molar refractivity (Wildman–Crippen MR) is 69.6 cm³/mol. The third kappa shape index (κ3) is 3.87. The number of carbonyl (C=O) groups is 2. The molecule has 2 rings (SSSR count). The Kier molecular flexibility index (Phi) is 4.41. The highest BCUT2D eigenvalue weighted by molar-refractivity contribution is 6.30. The van der Waals surface area contributed by atoms with E-state index in [2.05, 4.69) is 5.32 Å². The van der Waals surface area contributed by atoms with Gasteiger partial charge in [0.05, 0.1) is 0 Å². The summed E-state index contributed by atoms with van der Waals surface area (Å²) in [5.74, 6) is -1.19. The quantitative estimate of drug-likeness (QED) is 0.898. The van der Waals surface area contributed by atoms with Crippen LogP contribution in [0.3, 0.4) is 0 Å². The van der Waals surface area contributed by atoms with Crippen molar-refractivity contribution >= 4 is 23.4 Å². The largest absolute Gasteiger partial charge is 0.412 e. The van der Waals surface area contributed by atoms with Gasteiger partial charge in [-0.2, -0.15) is 13.2 Å². The molecule has 0 bridgehead atoms. The van der Waals surface area contributed by atoms with Gasteiger partial charge in [-0.3, -0.25) is 9.59 Å². The van der Waals surface area contributed by atoms with E-state index in [1.807, 2.05) is 5.32 Å². The molecule has 2 atom stereocenters. The molecular weight excluding hydrogens is 309 g/mol. The fourth-order valence-corrected chi connectivity index (χ4v) is 2.19. The lowest BCUT2D eigenvalue weighted by Gasteiger charge is -2.23. The number of nitrogens with one attached hydrogen (secondary N) is 2. The molecule has 0 radical (unpaired) electrons. The fraction of sp³-hybridized carbons (Fsp3) is 0.385. The van der Waals surface area contributed by atoms with Gasteiger partial charge in [-0.15, -0.1) is 0 Å². The van der Waals surface area contributed by atoms with Crippen LogP contribution < -0.4 is 10.6 Å². The highest BCUT2D eigenvalue weighted by Crippen LogP contribution is 2.33. The molecule has 1 heterocycles. The molecule has 2 amide bonds. The van der Waals surface area contributed by atoms with Crippen molar-refractivity contribution < 1.29 is 22.8 Å². The number of carbonyl (C=O) groups excluding carboxylic acids is 2. The van der Waals surface area contributed by atoms with Crippen LogP contribution in [0, 0.1) is 0 Å². The van der Waals surface area contributed by atoms with Crippen LogP contribution >= 0.6 is 11.6 Å². The van der Waals surface area contributed by atoms with Gasteiger partial charge in [0.25, 0.3) is 0 Å². The molecular formula is C13H12ClF3N2O2. The number of alkyl halides is 3. The lowest BCUT2D eigenvalue weighted by molar-refractivity contribution is -0.164. The van der Waals surface area contributed by atoms with Crippen LogP contribution in [0.15, 0.2) is 24.3 Å². The molecule has 0 unspecified atom stereocenters. The van der Waals surface area contributed by atoms with E-state index in [0.717, 1.165) is 0 Å². The van der Waals surface area contributed by atoms with Crippen LogP contribution in [0.5, 0.6) is 0 Å². The van der Waals surface area contributed by atoms with Crippen LogP contribution in [-0.4, -0.2) is 24.0 Å². The molecule has 1 saturated heterocycles. The van der Waals surface area contributed by atoms with Crippen molar-refractivity contribution in [2.45, 2.75) is 31.1 Å². The number of hydrogen-bond donors (Lipinski definition) is 2. The van der Waals surface area contributed by atoms with Crippen molar-refractivity contribution in [3.63, 3.8) is 0 Å². The van der Waals surface area contributed by atoms with E-state index in [4.69, 9.17) is 11.6 Å². The maximum Gasteiger partial charge on any atom is 0.412 e. The number of amides is 2. The molecule has 8 heteroatoms. The zero-order valence-corrected chi connectivity index (χ0v) is 11.5. The molecule has 2 N–H and O–H groups in total. The van der Waals surface area contributed by atoms with E-state index in [1.54, 1.807) is 0 Å². The maximum absolute atomic E-state index is 13.1. The van der Waals surface area contributed by atoms with Gasteiger partial charge in [0.1, 0.15) is 6.04 Å². The van der Waals surface area contributed by atoms with Gasteiger partial charge in [-0.05, 0) is 24.1 Å². The summed E-state index contributed by atoms with van der Waals surface area (Å²) in [5.41, 5.74) is -0.121. The van der Waals surface area contributed by atoms with Crippen molar-refractivity contribution in [2.75, 3.05) is 0 Å². The third-order valence-electron chi connectivity index (χ3n) is 3.13. The van der Waals surface area contributed by atoms with E-state index in [0.29, 0.717) is 5.02 Å². The van der Waals surface area contributed by atoms with Crippen LogP contribution in [0.2, 0.25) is 5.02 Å². The van der Waals surface area contributed by atoms with E-state index >= 15 is 0 Å². The Labute approximate surface area is 123 Å². The lowest BCUT2D eigenvalue weighted by atomic mass is 10.1. The first-order chi connectivity index (χ1) is 9.77. The Bertz CT molecular complexity index is 545. The zero-order chi connectivity index (χ0) is 15.6. The summed E-state index contributed by atoms with van der Waals surface area (Å²) < 4.78 is 39.3. The molecule has 0 saturated carbocycles. The topological polar surface area (TPSA) is 58.2 Å². The average Bonchev–Trinajstić information content (AvgIpc) is 2.82. The number of halogens is 4. The van der Waals surface area contributed by atoms with Gasteiger partial charge >= 0.3 is 6.18 Å². The van der Waals surface area contributed by atoms with Gasteiger partial charge in [-0.1, -0.05) is 23.7 Å². The Hall–Kier alpha value is -1.76. The summed E-state index contributed by atoms with van der Waals surface area (Å²) >= 11 is 5.64. The predicted octanol–water partition coefficient (Wildman–Crippen LogP) is 2.34. The number of rotatable bonds is 3. The molecule has 1 aromatic rings. The molecule has 1 aromatic carbocycles. The Morgan fingerprint density at radius 2 is 1.95 bits per heavy atom. The second kappa shape index (κ2) is 5.93. The molecule has 4 nitrogen and oxygen atoms in total. The molecule has 0 spiro atoms. The van der Waals surface area contributed by atoms with E-state index in [1.165, 1.54) is 24.3 Å². The molecule has 0 aromatic heterocycles. The minimum atomic E-state index is -4.65. The first-order valence-electron chi connectivity index (χ1n) is 6.19. The summed E-state index contributed by atoms with van der Waals surface area (Å²) in [6.45, 7) is 0. The Morgan fingerprint density at radius 3 is 2.43 bits per heavy atom. The summed E-state index contributed by atoms with van der Waals surface area (Å²) in [6.07, 6.45) is -4.32. The molecule has 21 heavy (non-hydrogen) atoms. The lowest BCUT2D eigenvalue weighted by Crippen LogP contribution is -2.46. The first kappa shape index (κ1) is 15.6. The molecule has 114 valence electrons. The van der Waals surface area contributed by atoms with Crippen LogP contribution in [0.4, 0.5) is 13.2 Å². The zero-order valence-electron chi connectivity index (χ0n) is 10.7. The monoisotopic (exact) mass is 320 g/mol. The van der Waals surface area contributed by atoms with E-state index in [9.17, 15) is 22.8 Å². The van der Waals surface area contributed by atoms with Crippen molar-refractivity contribution in [2.24, 2.45) is 0 Å². The van der Waals surface area contributed by atoms with Crippen molar-refractivity contribution in [3.05, 3.63) is 34.9 Å². The highest BCUT2D eigenvalue weighted by atomic mass is 35.5. The smallest absolute Gasteiger partial charge is 0.344 e. The molecule has 1 aliphatic heterocycles. The summed E-state index contributed by atoms with van der Waals surface area (Å²) in [6, 6.07) is 1.98. The van der Waals surface area contributed by atoms with Gasteiger partial charge in [-0.25, -0.2) is 0 Å². The molecule has 1 fully saturated rings. The van der Waals surface area contributed by atoms with Gasteiger partial charge in [0.15, 0.2) is 6.04 Å². The first-order valence-corrected chi connectivity index (χ1v) is 6.57. The minimum Gasteiger partial charge on any atom is -0.344 e.